The lowest BCUT2D eigenvalue weighted by Crippen LogP contribution is -2.05. The van der Waals surface area contributed by atoms with Crippen molar-refractivity contribution in [1.29, 1.82) is 0 Å². The number of carbonyl (C=O) groups is 1. The van der Waals surface area contributed by atoms with E-state index in [0.29, 0.717) is 12.2 Å². The first-order chi connectivity index (χ1) is 6.81. The molecule has 3 heteroatoms. The van der Waals surface area contributed by atoms with Gasteiger partial charge in [-0.1, -0.05) is 6.07 Å². The van der Waals surface area contributed by atoms with Gasteiger partial charge in [0.1, 0.15) is 0 Å². The molecule has 0 bridgehead atoms. The summed E-state index contributed by atoms with van der Waals surface area (Å²) in [6.07, 6.45) is 3.46. The summed E-state index contributed by atoms with van der Waals surface area (Å²) in [5.41, 5.74) is 3.39. The number of hydrogen-bond donors (Lipinski definition) is 0. The van der Waals surface area contributed by atoms with E-state index < -0.39 is 0 Å². The molecular weight excluding hydrogens is 212 g/mol. The Morgan fingerprint density at radius 3 is 2.80 bits per heavy atom. The van der Waals surface area contributed by atoms with Crippen molar-refractivity contribution in [1.82, 2.24) is 0 Å². The molecule has 0 atom stereocenters. The van der Waals surface area contributed by atoms with E-state index in [-0.39, 0.29) is 18.4 Å². The molecule has 0 radical (unpaired) electrons. The second-order valence-electron chi connectivity index (χ2n) is 3.56. The van der Waals surface area contributed by atoms with Gasteiger partial charge in [0.05, 0.1) is 12.2 Å². The Bertz CT molecular complexity index is 361. The minimum Gasteiger partial charge on any atom is -0.462 e. The van der Waals surface area contributed by atoms with Crippen LogP contribution in [0, 0.1) is 0 Å². The molecule has 0 fully saturated rings. The zero-order valence-electron chi connectivity index (χ0n) is 8.79. The lowest BCUT2D eigenvalue weighted by molar-refractivity contribution is 0.0526. The Morgan fingerprint density at radius 2 is 2.07 bits per heavy atom. The molecule has 0 spiro atoms. The fraction of sp³-hybridized carbons (Fsp3) is 0.417. The van der Waals surface area contributed by atoms with E-state index in [9.17, 15) is 4.79 Å². The third-order valence-electron chi connectivity index (χ3n) is 2.61. The molecule has 1 aromatic carbocycles. The van der Waals surface area contributed by atoms with Crippen LogP contribution in [0.15, 0.2) is 18.2 Å². The molecule has 0 amide bonds. The van der Waals surface area contributed by atoms with Crippen LogP contribution in [0.5, 0.6) is 0 Å². The minimum absolute atomic E-state index is 0. The predicted octanol–water partition coefficient (Wildman–Crippen LogP) is 2.77. The quantitative estimate of drug-likeness (QED) is 0.725. The van der Waals surface area contributed by atoms with Crippen molar-refractivity contribution in [3.05, 3.63) is 34.9 Å². The fourth-order valence-corrected chi connectivity index (χ4v) is 1.91. The summed E-state index contributed by atoms with van der Waals surface area (Å²) in [6, 6.07) is 5.89. The molecule has 0 aromatic heterocycles. The van der Waals surface area contributed by atoms with Crippen LogP contribution in [0.2, 0.25) is 0 Å². The number of hydrogen-bond acceptors (Lipinski definition) is 2. The van der Waals surface area contributed by atoms with E-state index in [1.807, 2.05) is 19.1 Å². The number of carbonyl (C=O) groups excluding carboxylic acids is 1. The van der Waals surface area contributed by atoms with Crippen LogP contribution in [0.1, 0.15) is 34.8 Å². The fourth-order valence-electron chi connectivity index (χ4n) is 1.91. The number of halogens is 1. The van der Waals surface area contributed by atoms with Crippen LogP contribution >= 0.6 is 12.4 Å². The molecule has 0 heterocycles. The van der Waals surface area contributed by atoms with E-state index >= 15 is 0 Å². The average Bonchev–Trinajstić information content (AvgIpc) is 2.64. The third-order valence-corrected chi connectivity index (χ3v) is 2.61. The van der Waals surface area contributed by atoms with Crippen molar-refractivity contribution in [2.45, 2.75) is 26.2 Å². The van der Waals surface area contributed by atoms with Crippen LogP contribution < -0.4 is 0 Å². The number of fused-ring (bicyclic) bond motifs is 1. The van der Waals surface area contributed by atoms with Crippen LogP contribution in [-0.2, 0) is 17.6 Å². The molecule has 1 aliphatic carbocycles. The molecule has 0 N–H and O–H groups in total. The van der Waals surface area contributed by atoms with E-state index in [4.69, 9.17) is 4.74 Å². The highest BCUT2D eigenvalue weighted by molar-refractivity contribution is 5.89. The lowest BCUT2D eigenvalue weighted by atomic mass is 10.1. The smallest absolute Gasteiger partial charge is 0.338 e. The van der Waals surface area contributed by atoms with Gasteiger partial charge in [-0.3, -0.25) is 0 Å². The number of benzene rings is 1. The summed E-state index contributed by atoms with van der Waals surface area (Å²) in [6.45, 7) is 2.27. The van der Waals surface area contributed by atoms with Crippen LogP contribution in [0.3, 0.4) is 0 Å². The molecular formula is C12H15ClO2. The second-order valence-corrected chi connectivity index (χ2v) is 3.56. The average molecular weight is 227 g/mol. The Hall–Kier alpha value is -1.02. The normalized spacial score (nSPS) is 12.9. The van der Waals surface area contributed by atoms with Gasteiger partial charge >= 0.3 is 5.97 Å². The summed E-state index contributed by atoms with van der Waals surface area (Å²) < 4.78 is 4.95. The van der Waals surface area contributed by atoms with Gasteiger partial charge in [-0.05, 0) is 49.4 Å². The van der Waals surface area contributed by atoms with Crippen molar-refractivity contribution in [2.24, 2.45) is 0 Å². The summed E-state index contributed by atoms with van der Waals surface area (Å²) in [7, 11) is 0. The maximum atomic E-state index is 11.4. The van der Waals surface area contributed by atoms with Gasteiger partial charge in [-0.2, -0.15) is 0 Å². The summed E-state index contributed by atoms with van der Waals surface area (Å²) in [4.78, 5) is 11.4. The predicted molar refractivity (Wildman–Crippen MR) is 61.7 cm³/mol. The lowest BCUT2D eigenvalue weighted by Gasteiger charge is -2.04. The minimum atomic E-state index is -0.206. The highest BCUT2D eigenvalue weighted by Gasteiger charge is 2.13. The van der Waals surface area contributed by atoms with Crippen molar-refractivity contribution in [3.8, 4) is 0 Å². The molecule has 2 rings (SSSR count). The van der Waals surface area contributed by atoms with Crippen LogP contribution in [-0.4, -0.2) is 12.6 Å². The largest absolute Gasteiger partial charge is 0.462 e. The maximum absolute atomic E-state index is 11.4. The van der Waals surface area contributed by atoms with Crippen molar-refractivity contribution >= 4 is 18.4 Å². The Kier molecular flexibility index (Phi) is 4.15. The monoisotopic (exact) mass is 226 g/mol. The number of rotatable bonds is 2. The Labute approximate surface area is 96.0 Å². The standard InChI is InChI=1S/C12H14O2.ClH/c1-2-14-12(13)11-7-6-9-4-3-5-10(9)8-11;/h6-8H,2-5H2,1H3;1H. The third kappa shape index (κ3) is 2.51. The summed E-state index contributed by atoms with van der Waals surface area (Å²) in [5, 5.41) is 0. The van der Waals surface area contributed by atoms with Gasteiger partial charge < -0.3 is 4.74 Å². The van der Waals surface area contributed by atoms with E-state index in [2.05, 4.69) is 6.07 Å². The Balaban J connectivity index is 0.00000112. The topological polar surface area (TPSA) is 26.3 Å². The summed E-state index contributed by atoms with van der Waals surface area (Å²) in [5.74, 6) is -0.206. The first kappa shape index (κ1) is 12.1. The maximum Gasteiger partial charge on any atom is 0.338 e. The van der Waals surface area contributed by atoms with E-state index in [1.54, 1.807) is 0 Å². The molecule has 1 aromatic rings. The summed E-state index contributed by atoms with van der Waals surface area (Å²) >= 11 is 0. The number of aryl methyl sites for hydroxylation is 2. The first-order valence-electron chi connectivity index (χ1n) is 5.10. The molecule has 15 heavy (non-hydrogen) atoms. The highest BCUT2D eigenvalue weighted by atomic mass is 35.5. The SMILES string of the molecule is CCOC(=O)c1ccc2c(c1)CCC2.Cl. The van der Waals surface area contributed by atoms with Gasteiger partial charge in [0.15, 0.2) is 0 Å². The second kappa shape index (κ2) is 5.17. The van der Waals surface area contributed by atoms with E-state index in [1.165, 1.54) is 17.5 Å². The molecule has 0 saturated carbocycles. The zero-order valence-corrected chi connectivity index (χ0v) is 9.60. The van der Waals surface area contributed by atoms with Gasteiger partial charge in [0.25, 0.3) is 0 Å². The van der Waals surface area contributed by atoms with Crippen molar-refractivity contribution in [3.63, 3.8) is 0 Å². The van der Waals surface area contributed by atoms with Crippen LogP contribution in [0.4, 0.5) is 0 Å². The van der Waals surface area contributed by atoms with Gasteiger partial charge in [0, 0.05) is 0 Å². The van der Waals surface area contributed by atoms with Gasteiger partial charge in [-0.25, -0.2) is 4.79 Å². The Morgan fingerprint density at radius 1 is 1.33 bits per heavy atom. The molecule has 1 aliphatic rings. The van der Waals surface area contributed by atoms with E-state index in [0.717, 1.165) is 12.8 Å². The molecule has 0 unspecified atom stereocenters. The van der Waals surface area contributed by atoms with Gasteiger partial charge in [-0.15, -0.1) is 12.4 Å². The zero-order chi connectivity index (χ0) is 9.97. The number of ether oxygens (including phenoxy) is 1. The van der Waals surface area contributed by atoms with Gasteiger partial charge in [0.2, 0.25) is 0 Å². The number of esters is 1. The highest BCUT2D eigenvalue weighted by Crippen LogP contribution is 2.22. The van der Waals surface area contributed by atoms with Crippen molar-refractivity contribution < 1.29 is 9.53 Å². The van der Waals surface area contributed by atoms with Crippen LogP contribution in [0.25, 0.3) is 0 Å². The van der Waals surface area contributed by atoms with Crippen molar-refractivity contribution in [2.75, 3.05) is 6.61 Å². The molecule has 0 saturated heterocycles. The molecule has 2 nitrogen and oxygen atoms in total. The molecule has 0 aliphatic heterocycles. The molecule has 82 valence electrons. The first-order valence-corrected chi connectivity index (χ1v) is 5.10.